The number of anilines is 1. The van der Waals surface area contributed by atoms with E-state index in [1.54, 1.807) is 16.8 Å². The molecule has 1 atom stereocenters. The summed E-state index contributed by atoms with van der Waals surface area (Å²) in [5, 5.41) is 20.2. The van der Waals surface area contributed by atoms with Crippen LogP contribution in [0.2, 0.25) is 5.02 Å². The maximum absolute atomic E-state index is 13.3. The van der Waals surface area contributed by atoms with Gasteiger partial charge in [0.1, 0.15) is 6.04 Å². The summed E-state index contributed by atoms with van der Waals surface area (Å²) >= 11 is 7.56. The summed E-state index contributed by atoms with van der Waals surface area (Å²) in [7, 11) is 0. The number of nitrogens with zero attached hydrogens (tertiary/aromatic N) is 4. The molecule has 0 bridgehead atoms. The number of thioether (sulfide) groups is 1. The molecule has 1 aromatic heterocycles. The Labute approximate surface area is 205 Å². The van der Waals surface area contributed by atoms with Crippen LogP contribution in [0.3, 0.4) is 0 Å². The van der Waals surface area contributed by atoms with Gasteiger partial charge >= 0.3 is 0 Å². The van der Waals surface area contributed by atoms with Gasteiger partial charge in [0.05, 0.1) is 4.92 Å². The van der Waals surface area contributed by atoms with E-state index in [-0.39, 0.29) is 22.9 Å². The Morgan fingerprint density at radius 1 is 1.18 bits per heavy atom. The molecule has 1 N–H and O–H groups in total. The highest BCUT2D eigenvalue weighted by Gasteiger charge is 2.41. The maximum atomic E-state index is 13.3. The number of hydrogen-bond acceptors (Lipinski definition) is 7. The molecule has 0 spiro atoms. The van der Waals surface area contributed by atoms with Gasteiger partial charge in [0.25, 0.3) is 5.69 Å². The minimum absolute atomic E-state index is 0.0589. The number of rotatable bonds is 5. The van der Waals surface area contributed by atoms with Crippen LogP contribution in [0.5, 0.6) is 0 Å². The second kappa shape index (κ2) is 8.56. The van der Waals surface area contributed by atoms with E-state index in [2.05, 4.69) is 19.2 Å². The van der Waals surface area contributed by atoms with Crippen molar-refractivity contribution < 1.29 is 9.72 Å². The van der Waals surface area contributed by atoms with Crippen LogP contribution in [0.4, 0.5) is 11.6 Å². The molecular formula is C24H22ClN5O3S. The number of nitro benzene ring substituents is 1. The van der Waals surface area contributed by atoms with Gasteiger partial charge in [-0.3, -0.25) is 14.9 Å². The predicted molar refractivity (Wildman–Crippen MR) is 131 cm³/mol. The van der Waals surface area contributed by atoms with Crippen LogP contribution < -0.4 is 5.32 Å². The van der Waals surface area contributed by atoms with E-state index >= 15 is 0 Å². The summed E-state index contributed by atoms with van der Waals surface area (Å²) < 4.78 is 1.77. The quantitative estimate of drug-likeness (QED) is 0.271. The lowest BCUT2D eigenvalue weighted by molar-refractivity contribution is -0.384. The Kier molecular flexibility index (Phi) is 5.69. The molecule has 0 fully saturated rings. The maximum Gasteiger partial charge on any atom is 0.269 e. The first kappa shape index (κ1) is 22.6. The summed E-state index contributed by atoms with van der Waals surface area (Å²) in [5.41, 5.74) is 3.40. The highest BCUT2D eigenvalue weighted by atomic mass is 35.5. The van der Waals surface area contributed by atoms with Crippen molar-refractivity contribution in [2.24, 2.45) is 5.41 Å². The van der Waals surface area contributed by atoms with Crippen molar-refractivity contribution in [3.63, 3.8) is 0 Å². The van der Waals surface area contributed by atoms with E-state index in [9.17, 15) is 14.9 Å². The van der Waals surface area contributed by atoms with Crippen LogP contribution in [0.1, 0.15) is 43.9 Å². The van der Waals surface area contributed by atoms with Crippen LogP contribution in [0, 0.1) is 15.5 Å². The zero-order valence-corrected chi connectivity index (χ0v) is 20.2. The number of allylic oxidation sites excluding steroid dienone is 2. The van der Waals surface area contributed by atoms with Gasteiger partial charge in [0, 0.05) is 40.6 Å². The van der Waals surface area contributed by atoms with Crippen molar-refractivity contribution in [3.05, 3.63) is 86.1 Å². The Balaban J connectivity index is 1.47. The highest BCUT2D eigenvalue weighted by Crippen LogP contribution is 2.45. The summed E-state index contributed by atoms with van der Waals surface area (Å²) in [6.07, 6.45) is 1.22. The van der Waals surface area contributed by atoms with E-state index in [4.69, 9.17) is 21.7 Å². The van der Waals surface area contributed by atoms with Crippen LogP contribution in [0.25, 0.3) is 0 Å². The normalized spacial score (nSPS) is 18.8. The van der Waals surface area contributed by atoms with Gasteiger partial charge in [-0.05, 0) is 35.1 Å². The molecule has 0 saturated heterocycles. The lowest BCUT2D eigenvalue weighted by Gasteiger charge is -2.38. The van der Waals surface area contributed by atoms with Crippen molar-refractivity contribution in [2.75, 3.05) is 5.32 Å². The third-order valence-corrected chi connectivity index (χ3v) is 7.17. The molecule has 34 heavy (non-hydrogen) atoms. The minimum Gasteiger partial charge on any atom is -0.328 e. The molecule has 5 rings (SSSR count). The van der Waals surface area contributed by atoms with Crippen LogP contribution >= 0.6 is 23.4 Å². The standard InChI is InChI=1S/C24H22ClN5O3S/c1-24(2)11-18-20(19(31)12-24)21(15-5-7-16(25)8-6-15)29-22(26-18)27-23(28-29)34-13-14-3-9-17(10-4-14)30(32)33/h3-10,21H,11-13H2,1-2H3,(H,26,27,28)/t21-/m1/s1. The summed E-state index contributed by atoms with van der Waals surface area (Å²) in [6, 6.07) is 13.5. The molecule has 2 aliphatic rings. The van der Waals surface area contributed by atoms with Crippen molar-refractivity contribution in [3.8, 4) is 0 Å². The lowest BCUT2D eigenvalue weighted by Crippen LogP contribution is -2.36. The average molecular weight is 496 g/mol. The SMILES string of the molecule is CC1(C)CC(=O)C2=C(C1)Nc1nc(SCc3ccc([N+](=O)[O-])cc3)nn1[C@@H]2c1ccc(Cl)cc1. The number of benzene rings is 2. The fourth-order valence-electron chi connectivity index (χ4n) is 4.47. The molecule has 2 aromatic carbocycles. The lowest BCUT2D eigenvalue weighted by atomic mass is 9.73. The monoisotopic (exact) mass is 495 g/mol. The third kappa shape index (κ3) is 4.33. The average Bonchev–Trinajstić information content (AvgIpc) is 3.19. The Hall–Kier alpha value is -3.17. The number of halogens is 1. The molecule has 174 valence electrons. The number of nitrogens with one attached hydrogen (secondary N) is 1. The van der Waals surface area contributed by atoms with Crippen molar-refractivity contribution in [1.82, 2.24) is 14.8 Å². The molecule has 2 heterocycles. The fourth-order valence-corrected chi connectivity index (χ4v) is 5.38. The number of non-ortho nitro benzene ring substituents is 1. The minimum atomic E-state index is -0.415. The number of fused-ring (bicyclic) bond motifs is 1. The molecular weight excluding hydrogens is 474 g/mol. The highest BCUT2D eigenvalue weighted by molar-refractivity contribution is 7.98. The van der Waals surface area contributed by atoms with Crippen molar-refractivity contribution in [2.45, 2.75) is 43.6 Å². The van der Waals surface area contributed by atoms with E-state index in [1.807, 2.05) is 24.3 Å². The first-order valence-corrected chi connectivity index (χ1v) is 12.2. The van der Waals surface area contributed by atoms with Gasteiger partial charge in [0.2, 0.25) is 11.1 Å². The first-order valence-electron chi connectivity index (χ1n) is 10.8. The number of Topliss-reactive ketones (excluding diaryl/α,β-unsaturated/α-hetero) is 1. The first-order chi connectivity index (χ1) is 16.2. The van der Waals surface area contributed by atoms with E-state index in [0.717, 1.165) is 28.8 Å². The van der Waals surface area contributed by atoms with Gasteiger partial charge in [-0.1, -0.05) is 61.5 Å². The molecule has 10 heteroatoms. The molecule has 8 nitrogen and oxygen atoms in total. The van der Waals surface area contributed by atoms with E-state index in [1.165, 1.54) is 23.9 Å². The number of hydrogen-bond donors (Lipinski definition) is 1. The zero-order chi connectivity index (χ0) is 24.0. The Morgan fingerprint density at radius 2 is 1.88 bits per heavy atom. The largest absolute Gasteiger partial charge is 0.328 e. The predicted octanol–water partition coefficient (Wildman–Crippen LogP) is 5.79. The van der Waals surface area contributed by atoms with Gasteiger partial charge in [-0.2, -0.15) is 4.98 Å². The van der Waals surface area contributed by atoms with Crippen LogP contribution in [0.15, 0.2) is 65.0 Å². The summed E-state index contributed by atoms with van der Waals surface area (Å²) in [4.78, 5) is 28.4. The van der Waals surface area contributed by atoms with E-state index in [0.29, 0.717) is 28.3 Å². The third-order valence-electron chi connectivity index (χ3n) is 6.01. The van der Waals surface area contributed by atoms with Gasteiger partial charge < -0.3 is 5.32 Å². The number of aromatic nitrogens is 3. The Morgan fingerprint density at radius 3 is 2.56 bits per heavy atom. The Bertz CT molecular complexity index is 1320. The second-order valence-corrected chi connectivity index (χ2v) is 10.7. The molecule has 3 aromatic rings. The summed E-state index contributed by atoms with van der Waals surface area (Å²) in [6.45, 7) is 4.19. The van der Waals surface area contributed by atoms with Crippen molar-refractivity contribution in [1.29, 1.82) is 0 Å². The second-order valence-electron chi connectivity index (χ2n) is 9.29. The van der Waals surface area contributed by atoms with E-state index < -0.39 is 4.92 Å². The van der Waals surface area contributed by atoms with Gasteiger partial charge in [-0.15, -0.1) is 5.10 Å². The number of nitro groups is 1. The number of carbonyl (C=O) groups is 1. The molecule has 0 saturated carbocycles. The molecule has 0 amide bonds. The van der Waals surface area contributed by atoms with Crippen molar-refractivity contribution >= 4 is 40.8 Å². The van der Waals surface area contributed by atoms with Gasteiger partial charge in [-0.25, -0.2) is 4.68 Å². The molecule has 0 radical (unpaired) electrons. The molecule has 1 aliphatic carbocycles. The van der Waals surface area contributed by atoms with Crippen LogP contribution in [-0.4, -0.2) is 25.5 Å². The van der Waals surface area contributed by atoms with Crippen LogP contribution in [-0.2, 0) is 10.5 Å². The van der Waals surface area contributed by atoms with Gasteiger partial charge in [0.15, 0.2) is 5.78 Å². The topological polar surface area (TPSA) is 103 Å². The molecule has 1 aliphatic heterocycles. The zero-order valence-electron chi connectivity index (χ0n) is 18.6. The number of carbonyl (C=O) groups excluding carboxylic acids is 1. The fraction of sp³-hybridized carbons (Fsp3) is 0.292. The smallest absolute Gasteiger partial charge is 0.269 e. The molecule has 0 unspecified atom stereocenters. The summed E-state index contributed by atoms with van der Waals surface area (Å²) in [5.74, 6) is 1.27. The number of ketones is 1.